The molecule has 18 heavy (non-hydrogen) atoms. The Morgan fingerprint density at radius 2 is 2.50 bits per heavy atom. The highest BCUT2D eigenvalue weighted by Gasteiger charge is 2.22. The zero-order chi connectivity index (χ0) is 13.0. The fourth-order valence-electron chi connectivity index (χ4n) is 2.11. The van der Waals surface area contributed by atoms with Gasteiger partial charge < -0.3 is 9.64 Å². The van der Waals surface area contributed by atoms with Gasteiger partial charge in [0.15, 0.2) is 0 Å². The molecule has 0 N–H and O–H groups in total. The molecule has 1 atom stereocenters. The van der Waals surface area contributed by atoms with Gasteiger partial charge in [0.05, 0.1) is 6.10 Å². The van der Waals surface area contributed by atoms with Crippen molar-refractivity contribution in [2.45, 2.75) is 25.9 Å². The second-order valence-corrected chi connectivity index (χ2v) is 4.73. The van der Waals surface area contributed by atoms with Crippen molar-refractivity contribution in [1.82, 2.24) is 9.88 Å². The molecule has 0 spiro atoms. The van der Waals surface area contributed by atoms with E-state index in [0.717, 1.165) is 19.4 Å². The summed E-state index contributed by atoms with van der Waals surface area (Å²) in [5, 5.41) is 0.342. The number of hydrogen-bond donors (Lipinski definition) is 0. The van der Waals surface area contributed by atoms with Gasteiger partial charge in [-0.05, 0) is 31.9 Å². The summed E-state index contributed by atoms with van der Waals surface area (Å²) >= 11 is 5.80. The smallest absolute Gasteiger partial charge is 0.254 e. The van der Waals surface area contributed by atoms with Gasteiger partial charge >= 0.3 is 0 Å². The van der Waals surface area contributed by atoms with Crippen LogP contribution in [0.2, 0.25) is 5.15 Å². The van der Waals surface area contributed by atoms with Crippen LogP contribution in [0.25, 0.3) is 0 Å². The molecule has 0 radical (unpaired) electrons. The lowest BCUT2D eigenvalue weighted by Gasteiger charge is -2.24. The van der Waals surface area contributed by atoms with E-state index in [1.165, 1.54) is 0 Å². The second-order valence-electron chi connectivity index (χ2n) is 4.35. The highest BCUT2D eigenvalue weighted by atomic mass is 35.5. The molecule has 5 heteroatoms. The van der Waals surface area contributed by atoms with E-state index in [4.69, 9.17) is 16.3 Å². The predicted octanol–water partition coefficient (Wildman–Crippen LogP) is 2.38. The number of aromatic nitrogens is 1. The molecule has 1 aromatic heterocycles. The molecule has 0 saturated carbocycles. The second kappa shape index (κ2) is 6.16. The number of pyridine rings is 1. The Morgan fingerprint density at radius 1 is 1.67 bits per heavy atom. The van der Waals surface area contributed by atoms with Crippen molar-refractivity contribution in [3.63, 3.8) is 0 Å². The summed E-state index contributed by atoms with van der Waals surface area (Å²) in [5.41, 5.74) is 0.579. The van der Waals surface area contributed by atoms with Gasteiger partial charge in [0.1, 0.15) is 5.15 Å². The third-order valence-corrected chi connectivity index (χ3v) is 3.30. The highest BCUT2D eigenvalue weighted by Crippen LogP contribution is 2.15. The van der Waals surface area contributed by atoms with Gasteiger partial charge in [-0.15, -0.1) is 0 Å². The lowest BCUT2D eigenvalue weighted by molar-refractivity contribution is 0.0539. The molecular weight excluding hydrogens is 252 g/mol. The summed E-state index contributed by atoms with van der Waals surface area (Å²) in [5.74, 6) is -0.0164. The molecule has 1 unspecified atom stereocenters. The molecule has 2 rings (SSSR count). The first-order valence-corrected chi connectivity index (χ1v) is 6.61. The van der Waals surface area contributed by atoms with Crippen molar-refractivity contribution in [2.75, 3.05) is 19.7 Å². The van der Waals surface area contributed by atoms with Crippen LogP contribution >= 0.6 is 11.6 Å². The van der Waals surface area contributed by atoms with E-state index in [1.54, 1.807) is 23.2 Å². The molecule has 1 saturated heterocycles. The summed E-state index contributed by atoms with van der Waals surface area (Å²) < 4.78 is 5.56. The number of carbonyl (C=O) groups excluding carboxylic acids is 1. The average molecular weight is 269 g/mol. The van der Waals surface area contributed by atoms with E-state index in [0.29, 0.717) is 23.8 Å². The van der Waals surface area contributed by atoms with E-state index < -0.39 is 0 Å². The number of rotatable bonds is 4. The summed E-state index contributed by atoms with van der Waals surface area (Å²) in [6.45, 7) is 4.08. The van der Waals surface area contributed by atoms with Crippen molar-refractivity contribution in [3.05, 3.63) is 29.0 Å². The van der Waals surface area contributed by atoms with Crippen molar-refractivity contribution >= 4 is 17.5 Å². The Labute approximate surface area is 112 Å². The number of likely N-dealkylation sites (N-methyl/N-ethyl adjacent to an activating group) is 1. The number of amides is 1. The van der Waals surface area contributed by atoms with Gasteiger partial charge in [0, 0.05) is 31.5 Å². The first-order valence-electron chi connectivity index (χ1n) is 6.23. The third-order valence-electron chi connectivity index (χ3n) is 3.09. The topological polar surface area (TPSA) is 42.4 Å². The lowest BCUT2D eigenvalue weighted by Crippen LogP contribution is -2.37. The number of hydrogen-bond acceptors (Lipinski definition) is 3. The molecule has 2 heterocycles. The predicted molar refractivity (Wildman–Crippen MR) is 69.8 cm³/mol. The third kappa shape index (κ3) is 3.21. The Balaban J connectivity index is 2.04. The van der Waals surface area contributed by atoms with Gasteiger partial charge in [-0.2, -0.15) is 0 Å². The highest BCUT2D eigenvalue weighted by molar-refractivity contribution is 6.29. The summed E-state index contributed by atoms with van der Waals surface area (Å²) in [6.07, 6.45) is 3.83. The van der Waals surface area contributed by atoms with Gasteiger partial charge in [0.25, 0.3) is 5.91 Å². The molecule has 1 aliphatic rings. The molecule has 4 nitrogen and oxygen atoms in total. The Bertz CT molecular complexity index is 419. The van der Waals surface area contributed by atoms with Gasteiger partial charge in [-0.3, -0.25) is 4.79 Å². The Kier molecular flexibility index (Phi) is 4.55. The molecule has 1 aliphatic heterocycles. The maximum atomic E-state index is 12.3. The van der Waals surface area contributed by atoms with E-state index in [2.05, 4.69) is 4.98 Å². The number of halogens is 1. The number of nitrogens with zero attached hydrogens (tertiary/aromatic N) is 2. The summed E-state index contributed by atoms with van der Waals surface area (Å²) in [7, 11) is 0. The maximum absolute atomic E-state index is 12.3. The zero-order valence-corrected chi connectivity index (χ0v) is 11.2. The average Bonchev–Trinajstić information content (AvgIpc) is 2.88. The standard InChI is InChI=1S/C13H17ClN2O2/c1-2-16(9-11-4-3-7-18-11)13(17)10-5-6-15-12(14)8-10/h5-6,8,11H,2-4,7,9H2,1H3. The van der Waals surface area contributed by atoms with Crippen LogP contribution in [0.5, 0.6) is 0 Å². The normalized spacial score (nSPS) is 18.9. The molecule has 0 bridgehead atoms. The van der Waals surface area contributed by atoms with Crippen LogP contribution in [0.1, 0.15) is 30.1 Å². The number of carbonyl (C=O) groups is 1. The molecule has 1 aromatic rings. The fraction of sp³-hybridized carbons (Fsp3) is 0.538. The zero-order valence-electron chi connectivity index (χ0n) is 10.4. The van der Waals surface area contributed by atoms with Crippen LogP contribution in [0, 0.1) is 0 Å². The fourth-order valence-corrected chi connectivity index (χ4v) is 2.28. The monoisotopic (exact) mass is 268 g/mol. The van der Waals surface area contributed by atoms with E-state index in [1.807, 2.05) is 6.92 Å². The molecule has 1 fully saturated rings. The van der Waals surface area contributed by atoms with Crippen molar-refractivity contribution < 1.29 is 9.53 Å². The maximum Gasteiger partial charge on any atom is 0.254 e. The van der Waals surface area contributed by atoms with Crippen molar-refractivity contribution in [2.24, 2.45) is 0 Å². The minimum absolute atomic E-state index is 0.0164. The van der Waals surface area contributed by atoms with E-state index >= 15 is 0 Å². The number of ether oxygens (including phenoxy) is 1. The van der Waals surface area contributed by atoms with E-state index in [-0.39, 0.29) is 12.0 Å². The quantitative estimate of drug-likeness (QED) is 0.788. The first kappa shape index (κ1) is 13.3. The lowest BCUT2D eigenvalue weighted by atomic mass is 10.2. The van der Waals surface area contributed by atoms with E-state index in [9.17, 15) is 4.79 Å². The van der Waals surface area contributed by atoms with Crippen LogP contribution in [0.3, 0.4) is 0 Å². The van der Waals surface area contributed by atoms with Crippen LogP contribution in [-0.2, 0) is 4.74 Å². The van der Waals surface area contributed by atoms with Crippen LogP contribution in [0.4, 0.5) is 0 Å². The molecular formula is C13H17ClN2O2. The SMILES string of the molecule is CCN(CC1CCCO1)C(=O)c1ccnc(Cl)c1. The molecule has 98 valence electrons. The summed E-state index contributed by atoms with van der Waals surface area (Å²) in [4.78, 5) is 18.0. The first-order chi connectivity index (χ1) is 8.70. The molecule has 0 aliphatic carbocycles. The molecule has 0 aromatic carbocycles. The Morgan fingerprint density at radius 3 is 3.11 bits per heavy atom. The Hall–Kier alpha value is -1.13. The minimum atomic E-state index is -0.0164. The van der Waals surface area contributed by atoms with Crippen LogP contribution in [0.15, 0.2) is 18.3 Å². The van der Waals surface area contributed by atoms with Crippen LogP contribution in [-0.4, -0.2) is 41.6 Å². The van der Waals surface area contributed by atoms with Crippen molar-refractivity contribution in [3.8, 4) is 0 Å². The van der Waals surface area contributed by atoms with Gasteiger partial charge in [-0.25, -0.2) is 4.98 Å². The van der Waals surface area contributed by atoms with Gasteiger partial charge in [-0.1, -0.05) is 11.6 Å². The van der Waals surface area contributed by atoms with Gasteiger partial charge in [0.2, 0.25) is 0 Å². The van der Waals surface area contributed by atoms with Crippen LogP contribution < -0.4 is 0 Å². The largest absolute Gasteiger partial charge is 0.376 e. The minimum Gasteiger partial charge on any atom is -0.376 e. The molecule has 1 amide bonds. The summed E-state index contributed by atoms with van der Waals surface area (Å²) in [6, 6.07) is 3.29. The van der Waals surface area contributed by atoms with Crippen molar-refractivity contribution in [1.29, 1.82) is 0 Å².